The van der Waals surface area contributed by atoms with Crippen LogP contribution in [0.4, 0.5) is 0 Å². The summed E-state index contributed by atoms with van der Waals surface area (Å²) in [6.45, 7) is 2.24. The van der Waals surface area contributed by atoms with Gasteiger partial charge in [0.2, 0.25) is 11.8 Å². The van der Waals surface area contributed by atoms with E-state index in [4.69, 9.17) is 0 Å². The van der Waals surface area contributed by atoms with Gasteiger partial charge in [0.15, 0.2) is 0 Å². The molecule has 22 heavy (non-hydrogen) atoms. The van der Waals surface area contributed by atoms with Crippen LogP contribution in [0.2, 0.25) is 0 Å². The number of hydrogen-bond acceptors (Lipinski definition) is 2. The second-order valence-corrected chi connectivity index (χ2v) is 7.05. The third kappa shape index (κ3) is 3.71. The maximum Gasteiger partial charge on any atom is 0.225 e. The number of carbonyl (C=O) groups is 2. The van der Waals surface area contributed by atoms with Gasteiger partial charge in [0.1, 0.15) is 0 Å². The number of amides is 2. The van der Waals surface area contributed by atoms with Gasteiger partial charge in [-0.1, -0.05) is 18.1 Å². The Morgan fingerprint density at radius 1 is 1.05 bits per heavy atom. The lowest BCUT2D eigenvalue weighted by Gasteiger charge is -2.36. The number of nitrogens with zero attached hydrogens (tertiary/aromatic N) is 1. The van der Waals surface area contributed by atoms with Gasteiger partial charge in [-0.15, -0.1) is 0 Å². The molecule has 2 amide bonds. The van der Waals surface area contributed by atoms with Gasteiger partial charge in [-0.3, -0.25) is 9.59 Å². The molecule has 0 radical (unpaired) electrons. The van der Waals surface area contributed by atoms with E-state index in [0.29, 0.717) is 5.91 Å². The van der Waals surface area contributed by atoms with Crippen molar-refractivity contribution >= 4 is 11.8 Å². The van der Waals surface area contributed by atoms with Gasteiger partial charge in [-0.25, -0.2) is 0 Å². The first-order chi connectivity index (χ1) is 10.7. The van der Waals surface area contributed by atoms with Crippen molar-refractivity contribution in [1.29, 1.82) is 0 Å². The van der Waals surface area contributed by atoms with Gasteiger partial charge in [0.25, 0.3) is 0 Å². The highest BCUT2D eigenvalue weighted by molar-refractivity contribution is 5.81. The van der Waals surface area contributed by atoms with Crippen LogP contribution in [0.15, 0.2) is 11.6 Å². The Labute approximate surface area is 133 Å². The van der Waals surface area contributed by atoms with Crippen molar-refractivity contribution in [2.24, 2.45) is 11.8 Å². The molecule has 0 spiro atoms. The molecular formula is C18H28N2O2. The predicted molar refractivity (Wildman–Crippen MR) is 86.2 cm³/mol. The summed E-state index contributed by atoms with van der Waals surface area (Å²) >= 11 is 0. The van der Waals surface area contributed by atoms with E-state index >= 15 is 0 Å². The van der Waals surface area contributed by atoms with Crippen molar-refractivity contribution < 1.29 is 9.59 Å². The lowest BCUT2D eigenvalue weighted by atomic mass is 9.83. The molecule has 2 fully saturated rings. The number of carbonyl (C=O) groups excluding carboxylic acids is 2. The molecule has 2 aliphatic carbocycles. The summed E-state index contributed by atoms with van der Waals surface area (Å²) in [6, 6.07) is 0. The molecule has 4 heteroatoms. The molecule has 3 rings (SSSR count). The van der Waals surface area contributed by atoms with E-state index < -0.39 is 0 Å². The van der Waals surface area contributed by atoms with Gasteiger partial charge in [0, 0.05) is 31.5 Å². The average molecular weight is 304 g/mol. The van der Waals surface area contributed by atoms with Crippen LogP contribution in [0.25, 0.3) is 0 Å². The van der Waals surface area contributed by atoms with Crippen molar-refractivity contribution in [3.05, 3.63) is 11.6 Å². The molecule has 0 atom stereocenters. The molecule has 0 unspecified atom stereocenters. The van der Waals surface area contributed by atoms with Crippen LogP contribution in [0.5, 0.6) is 0 Å². The SMILES string of the molecule is O=C(NCC1=CCCCC1)C1CCN(C(=O)C2CCC2)CC1. The summed E-state index contributed by atoms with van der Waals surface area (Å²) in [6.07, 6.45) is 12.1. The van der Waals surface area contributed by atoms with E-state index in [-0.39, 0.29) is 17.7 Å². The van der Waals surface area contributed by atoms with E-state index in [2.05, 4.69) is 11.4 Å². The lowest BCUT2D eigenvalue weighted by Crippen LogP contribution is -2.46. The second-order valence-electron chi connectivity index (χ2n) is 7.05. The summed E-state index contributed by atoms with van der Waals surface area (Å²) in [5.41, 5.74) is 1.39. The Hall–Kier alpha value is -1.32. The number of likely N-dealkylation sites (tertiary alicyclic amines) is 1. The first kappa shape index (κ1) is 15.6. The van der Waals surface area contributed by atoms with Gasteiger partial charge < -0.3 is 10.2 Å². The molecule has 1 aliphatic heterocycles. The number of rotatable bonds is 4. The smallest absolute Gasteiger partial charge is 0.225 e. The number of piperidine rings is 1. The first-order valence-corrected chi connectivity index (χ1v) is 8.98. The molecule has 0 bridgehead atoms. The fraction of sp³-hybridized carbons (Fsp3) is 0.778. The standard InChI is InChI=1S/C18H28N2O2/c21-17(19-13-14-5-2-1-3-6-14)15-9-11-20(12-10-15)18(22)16-7-4-8-16/h5,15-16H,1-4,6-13H2,(H,19,21). The monoisotopic (exact) mass is 304 g/mol. The summed E-state index contributed by atoms with van der Waals surface area (Å²) in [5, 5.41) is 3.10. The van der Waals surface area contributed by atoms with Crippen LogP contribution in [0.1, 0.15) is 57.8 Å². The van der Waals surface area contributed by atoms with Crippen LogP contribution in [0, 0.1) is 11.8 Å². The molecule has 122 valence electrons. The van der Waals surface area contributed by atoms with Gasteiger partial charge >= 0.3 is 0 Å². The average Bonchev–Trinajstić information content (AvgIpc) is 2.52. The fourth-order valence-electron chi connectivity index (χ4n) is 3.69. The zero-order valence-corrected chi connectivity index (χ0v) is 13.5. The summed E-state index contributed by atoms with van der Waals surface area (Å²) in [4.78, 5) is 26.5. The Morgan fingerprint density at radius 2 is 1.82 bits per heavy atom. The molecule has 0 aromatic carbocycles. The van der Waals surface area contributed by atoms with Crippen molar-refractivity contribution in [1.82, 2.24) is 10.2 Å². The summed E-state index contributed by atoms with van der Waals surface area (Å²) in [7, 11) is 0. The highest BCUT2D eigenvalue weighted by Gasteiger charge is 2.33. The van der Waals surface area contributed by atoms with Gasteiger partial charge in [-0.2, -0.15) is 0 Å². The van der Waals surface area contributed by atoms with E-state index in [0.717, 1.165) is 58.2 Å². The van der Waals surface area contributed by atoms with Crippen LogP contribution in [-0.2, 0) is 9.59 Å². The van der Waals surface area contributed by atoms with Crippen molar-refractivity contribution in [3.63, 3.8) is 0 Å². The van der Waals surface area contributed by atoms with E-state index in [1.807, 2.05) is 4.90 Å². The van der Waals surface area contributed by atoms with Crippen LogP contribution < -0.4 is 5.32 Å². The molecule has 1 saturated carbocycles. The molecule has 1 heterocycles. The predicted octanol–water partition coefficient (Wildman–Crippen LogP) is 2.64. The Bertz CT molecular complexity index is 446. The first-order valence-electron chi connectivity index (χ1n) is 8.98. The van der Waals surface area contributed by atoms with Gasteiger partial charge in [0.05, 0.1) is 0 Å². The maximum absolute atomic E-state index is 12.3. The molecule has 4 nitrogen and oxygen atoms in total. The minimum absolute atomic E-state index is 0.0923. The van der Waals surface area contributed by atoms with Crippen LogP contribution in [-0.4, -0.2) is 36.3 Å². The third-order valence-corrected chi connectivity index (χ3v) is 5.51. The number of hydrogen-bond donors (Lipinski definition) is 1. The molecule has 0 aromatic heterocycles. The lowest BCUT2D eigenvalue weighted by molar-refractivity contribution is -0.141. The third-order valence-electron chi connectivity index (χ3n) is 5.51. The van der Waals surface area contributed by atoms with E-state index in [1.165, 1.54) is 24.8 Å². The van der Waals surface area contributed by atoms with Crippen molar-refractivity contribution in [2.75, 3.05) is 19.6 Å². The highest BCUT2D eigenvalue weighted by atomic mass is 16.2. The largest absolute Gasteiger partial charge is 0.352 e. The number of nitrogens with one attached hydrogen (secondary N) is 1. The molecule has 1 N–H and O–H groups in total. The Morgan fingerprint density at radius 3 is 2.41 bits per heavy atom. The van der Waals surface area contributed by atoms with E-state index in [1.54, 1.807) is 0 Å². The number of allylic oxidation sites excluding steroid dienone is 1. The highest BCUT2D eigenvalue weighted by Crippen LogP contribution is 2.30. The minimum Gasteiger partial charge on any atom is -0.352 e. The summed E-state index contributed by atoms with van der Waals surface area (Å²) in [5.74, 6) is 0.887. The molecular weight excluding hydrogens is 276 g/mol. The van der Waals surface area contributed by atoms with Gasteiger partial charge in [-0.05, 0) is 51.4 Å². The zero-order valence-electron chi connectivity index (χ0n) is 13.5. The van der Waals surface area contributed by atoms with E-state index in [9.17, 15) is 9.59 Å². The topological polar surface area (TPSA) is 49.4 Å². The van der Waals surface area contributed by atoms with Crippen LogP contribution >= 0.6 is 0 Å². The fourth-order valence-corrected chi connectivity index (χ4v) is 3.69. The maximum atomic E-state index is 12.3. The van der Waals surface area contributed by atoms with Crippen molar-refractivity contribution in [2.45, 2.75) is 57.8 Å². The summed E-state index contributed by atoms with van der Waals surface area (Å²) < 4.78 is 0. The molecule has 0 aromatic rings. The minimum atomic E-state index is 0.0923. The normalized spacial score (nSPS) is 23.6. The second kappa shape index (κ2) is 7.30. The Balaban J connectivity index is 1.39. The van der Waals surface area contributed by atoms with Crippen molar-refractivity contribution in [3.8, 4) is 0 Å². The molecule has 3 aliphatic rings. The Kier molecular flexibility index (Phi) is 5.16. The zero-order chi connectivity index (χ0) is 15.4. The van der Waals surface area contributed by atoms with Crippen LogP contribution in [0.3, 0.4) is 0 Å². The quantitative estimate of drug-likeness (QED) is 0.812. The molecule has 1 saturated heterocycles.